The Morgan fingerprint density at radius 1 is 1.47 bits per heavy atom. The van der Waals surface area contributed by atoms with Crippen molar-refractivity contribution in [3.05, 3.63) is 29.3 Å². The molecule has 0 spiro atoms. The Morgan fingerprint density at radius 3 is 2.59 bits per heavy atom. The quantitative estimate of drug-likeness (QED) is 0.886. The standard InChI is InChI=1S/C10H6F3NO3/c11-10(12,13)5-17-8-2-1-6(4-14)3-7(8)9(15)16/h1-3H,5H2,(H,15,16). The van der Waals surface area contributed by atoms with E-state index in [1.54, 1.807) is 6.07 Å². The molecule has 0 radical (unpaired) electrons. The van der Waals surface area contributed by atoms with Crippen LogP contribution in [0.4, 0.5) is 13.2 Å². The first-order valence-electron chi connectivity index (χ1n) is 4.30. The molecule has 0 heterocycles. The number of carbonyl (C=O) groups is 1. The van der Waals surface area contributed by atoms with Crippen molar-refractivity contribution >= 4 is 5.97 Å². The summed E-state index contributed by atoms with van der Waals surface area (Å²) < 4.78 is 40.0. The highest BCUT2D eigenvalue weighted by molar-refractivity contribution is 5.91. The summed E-state index contributed by atoms with van der Waals surface area (Å²) in [5.41, 5.74) is -0.449. The van der Waals surface area contributed by atoms with Gasteiger partial charge in [-0.3, -0.25) is 0 Å². The molecule has 0 atom stereocenters. The van der Waals surface area contributed by atoms with Gasteiger partial charge in [-0.15, -0.1) is 0 Å². The summed E-state index contributed by atoms with van der Waals surface area (Å²) in [5.74, 6) is -1.88. The van der Waals surface area contributed by atoms with Crippen LogP contribution in [-0.4, -0.2) is 23.9 Å². The van der Waals surface area contributed by atoms with E-state index in [2.05, 4.69) is 4.74 Å². The Balaban J connectivity index is 3.00. The summed E-state index contributed by atoms with van der Waals surface area (Å²) in [6.45, 7) is -1.58. The normalized spacial score (nSPS) is 10.7. The van der Waals surface area contributed by atoms with Gasteiger partial charge in [0, 0.05) is 0 Å². The van der Waals surface area contributed by atoms with Crippen LogP contribution >= 0.6 is 0 Å². The second-order valence-corrected chi connectivity index (χ2v) is 3.03. The van der Waals surface area contributed by atoms with Crippen molar-refractivity contribution in [1.82, 2.24) is 0 Å². The van der Waals surface area contributed by atoms with Crippen LogP contribution in [-0.2, 0) is 0 Å². The van der Waals surface area contributed by atoms with Crippen LogP contribution < -0.4 is 4.74 Å². The minimum atomic E-state index is -4.55. The number of carboxylic acid groups (broad SMARTS) is 1. The lowest BCUT2D eigenvalue weighted by molar-refractivity contribution is -0.153. The van der Waals surface area contributed by atoms with Gasteiger partial charge in [0.15, 0.2) is 6.61 Å². The van der Waals surface area contributed by atoms with E-state index >= 15 is 0 Å². The molecule has 1 rings (SSSR count). The molecular weight excluding hydrogens is 239 g/mol. The maximum Gasteiger partial charge on any atom is 0.422 e. The fourth-order valence-electron chi connectivity index (χ4n) is 1.05. The van der Waals surface area contributed by atoms with E-state index < -0.39 is 30.1 Å². The zero-order chi connectivity index (χ0) is 13.1. The third-order valence-corrected chi connectivity index (χ3v) is 1.73. The van der Waals surface area contributed by atoms with E-state index in [9.17, 15) is 18.0 Å². The molecule has 1 N–H and O–H groups in total. The summed E-state index contributed by atoms with van der Waals surface area (Å²) in [4.78, 5) is 10.7. The highest BCUT2D eigenvalue weighted by Gasteiger charge is 2.29. The van der Waals surface area contributed by atoms with Crippen molar-refractivity contribution in [2.75, 3.05) is 6.61 Å². The zero-order valence-electron chi connectivity index (χ0n) is 8.28. The van der Waals surface area contributed by atoms with Gasteiger partial charge in [0.1, 0.15) is 11.3 Å². The third kappa shape index (κ3) is 3.68. The summed E-state index contributed by atoms with van der Waals surface area (Å²) >= 11 is 0. The molecule has 0 aromatic heterocycles. The number of nitrogens with zero attached hydrogens (tertiary/aromatic N) is 1. The number of ether oxygens (including phenoxy) is 1. The van der Waals surface area contributed by atoms with Crippen molar-refractivity contribution in [2.45, 2.75) is 6.18 Å². The van der Waals surface area contributed by atoms with Crippen LogP contribution in [0, 0.1) is 11.3 Å². The summed E-state index contributed by atoms with van der Waals surface area (Å²) in [6.07, 6.45) is -4.55. The third-order valence-electron chi connectivity index (χ3n) is 1.73. The van der Waals surface area contributed by atoms with E-state index in [1.807, 2.05) is 0 Å². The number of nitriles is 1. The Morgan fingerprint density at radius 2 is 2.12 bits per heavy atom. The molecule has 4 nitrogen and oxygen atoms in total. The number of rotatable bonds is 3. The van der Waals surface area contributed by atoms with E-state index in [-0.39, 0.29) is 5.56 Å². The molecule has 1 aromatic rings. The molecule has 0 amide bonds. The Labute approximate surface area is 93.8 Å². The van der Waals surface area contributed by atoms with Crippen molar-refractivity contribution < 1.29 is 27.8 Å². The average Bonchev–Trinajstić information content (AvgIpc) is 2.25. The zero-order valence-corrected chi connectivity index (χ0v) is 8.28. The summed E-state index contributed by atoms with van der Waals surface area (Å²) in [5, 5.41) is 17.3. The van der Waals surface area contributed by atoms with Crippen LogP contribution in [0.25, 0.3) is 0 Å². The predicted molar refractivity (Wildman–Crippen MR) is 49.7 cm³/mol. The maximum atomic E-state index is 11.9. The molecule has 0 bridgehead atoms. The van der Waals surface area contributed by atoms with Gasteiger partial charge < -0.3 is 9.84 Å². The van der Waals surface area contributed by atoms with Crippen LogP contribution in [0.1, 0.15) is 15.9 Å². The van der Waals surface area contributed by atoms with Crippen LogP contribution in [0.15, 0.2) is 18.2 Å². The molecule has 0 aliphatic heterocycles. The van der Waals surface area contributed by atoms with E-state index in [0.717, 1.165) is 12.1 Å². The number of hydrogen-bond acceptors (Lipinski definition) is 3. The minimum Gasteiger partial charge on any atom is -0.483 e. The number of benzene rings is 1. The van der Waals surface area contributed by atoms with Crippen molar-refractivity contribution in [3.63, 3.8) is 0 Å². The van der Waals surface area contributed by atoms with Gasteiger partial charge >= 0.3 is 12.1 Å². The van der Waals surface area contributed by atoms with Gasteiger partial charge in [0.25, 0.3) is 0 Å². The fourth-order valence-corrected chi connectivity index (χ4v) is 1.05. The molecule has 0 aliphatic carbocycles. The molecule has 90 valence electrons. The van der Waals surface area contributed by atoms with Crippen LogP contribution in [0.2, 0.25) is 0 Å². The Hall–Kier alpha value is -2.23. The monoisotopic (exact) mass is 245 g/mol. The van der Waals surface area contributed by atoms with Gasteiger partial charge in [-0.25, -0.2) is 4.79 Å². The number of carboxylic acids is 1. The van der Waals surface area contributed by atoms with Gasteiger partial charge in [-0.05, 0) is 18.2 Å². The maximum absolute atomic E-state index is 11.9. The van der Waals surface area contributed by atoms with Crippen molar-refractivity contribution in [1.29, 1.82) is 5.26 Å². The minimum absolute atomic E-state index is 0.0294. The van der Waals surface area contributed by atoms with Crippen LogP contribution in [0.3, 0.4) is 0 Å². The predicted octanol–water partition coefficient (Wildman–Crippen LogP) is 2.20. The molecule has 7 heteroatoms. The van der Waals surface area contributed by atoms with E-state index in [1.165, 1.54) is 6.07 Å². The lowest BCUT2D eigenvalue weighted by Gasteiger charge is -2.11. The van der Waals surface area contributed by atoms with E-state index in [4.69, 9.17) is 10.4 Å². The molecule has 0 saturated carbocycles. The SMILES string of the molecule is N#Cc1ccc(OCC(F)(F)F)c(C(=O)O)c1. The molecule has 0 aliphatic rings. The topological polar surface area (TPSA) is 70.3 Å². The fraction of sp³-hybridized carbons (Fsp3) is 0.200. The first-order chi connectivity index (χ1) is 7.83. The van der Waals surface area contributed by atoms with Gasteiger partial charge in [0.2, 0.25) is 0 Å². The number of aromatic carboxylic acids is 1. The molecule has 1 aromatic carbocycles. The second-order valence-electron chi connectivity index (χ2n) is 3.03. The largest absolute Gasteiger partial charge is 0.483 e. The Bertz CT molecular complexity index is 477. The van der Waals surface area contributed by atoms with Gasteiger partial charge in [-0.2, -0.15) is 18.4 Å². The molecular formula is C10H6F3NO3. The second kappa shape index (κ2) is 4.74. The lowest BCUT2D eigenvalue weighted by Crippen LogP contribution is -2.20. The number of hydrogen-bond donors (Lipinski definition) is 1. The first kappa shape index (κ1) is 12.8. The number of halogens is 3. The Kier molecular flexibility index (Phi) is 3.58. The van der Waals surface area contributed by atoms with Gasteiger partial charge in [0.05, 0.1) is 11.6 Å². The van der Waals surface area contributed by atoms with Gasteiger partial charge in [-0.1, -0.05) is 0 Å². The summed E-state index contributed by atoms with van der Waals surface area (Å²) in [7, 11) is 0. The first-order valence-corrected chi connectivity index (χ1v) is 4.30. The van der Waals surface area contributed by atoms with E-state index in [0.29, 0.717) is 0 Å². The van der Waals surface area contributed by atoms with Crippen molar-refractivity contribution in [3.8, 4) is 11.8 Å². The molecule has 0 saturated heterocycles. The smallest absolute Gasteiger partial charge is 0.422 e. The number of alkyl halides is 3. The molecule has 0 unspecified atom stereocenters. The average molecular weight is 245 g/mol. The highest BCUT2D eigenvalue weighted by atomic mass is 19.4. The van der Waals surface area contributed by atoms with Crippen molar-refractivity contribution in [2.24, 2.45) is 0 Å². The molecule has 0 fully saturated rings. The summed E-state index contributed by atoms with van der Waals surface area (Å²) in [6, 6.07) is 4.83. The lowest BCUT2D eigenvalue weighted by atomic mass is 10.1. The van der Waals surface area contributed by atoms with Crippen LogP contribution in [0.5, 0.6) is 5.75 Å². The highest BCUT2D eigenvalue weighted by Crippen LogP contribution is 2.23. The molecule has 17 heavy (non-hydrogen) atoms.